The van der Waals surface area contributed by atoms with E-state index in [0.717, 1.165) is 5.69 Å². The lowest BCUT2D eigenvalue weighted by Crippen LogP contribution is -2.26. The molecule has 2 aromatic heterocycles. The quantitative estimate of drug-likeness (QED) is 0.738. The van der Waals surface area contributed by atoms with Crippen molar-refractivity contribution >= 4 is 16.8 Å². The highest BCUT2D eigenvalue weighted by molar-refractivity contribution is 5.76. The fourth-order valence-corrected chi connectivity index (χ4v) is 2.34. The molecule has 3 aromatic rings. The Morgan fingerprint density at radius 1 is 1.12 bits per heavy atom. The third kappa shape index (κ3) is 3.81. The number of hydrogen-bond donors (Lipinski definition) is 1. The van der Waals surface area contributed by atoms with Crippen LogP contribution >= 0.6 is 0 Å². The van der Waals surface area contributed by atoms with E-state index in [1.165, 1.54) is 4.68 Å². The smallest absolute Gasteiger partial charge is 0.277 e. The summed E-state index contributed by atoms with van der Waals surface area (Å²) in [6.07, 6.45) is 2.51. The highest BCUT2D eigenvalue weighted by Gasteiger charge is 2.06. The fourth-order valence-electron chi connectivity index (χ4n) is 2.34. The molecule has 1 amide bonds. The van der Waals surface area contributed by atoms with Gasteiger partial charge in [0.05, 0.1) is 17.6 Å². The van der Waals surface area contributed by atoms with E-state index < -0.39 is 0 Å². The van der Waals surface area contributed by atoms with Gasteiger partial charge in [0.15, 0.2) is 0 Å². The zero-order valence-corrected chi connectivity index (χ0v) is 13.1. The molecule has 3 rings (SSSR count). The number of amides is 1. The summed E-state index contributed by atoms with van der Waals surface area (Å²) in [5.41, 5.74) is 1.20. The Labute approximate surface area is 138 Å². The third-order valence-corrected chi connectivity index (χ3v) is 3.60. The van der Waals surface area contributed by atoms with E-state index in [0.29, 0.717) is 36.8 Å². The van der Waals surface area contributed by atoms with E-state index in [2.05, 4.69) is 20.6 Å². The Kier molecular flexibility index (Phi) is 4.90. The summed E-state index contributed by atoms with van der Waals surface area (Å²) in [5.74, 6) is -0.0811. The van der Waals surface area contributed by atoms with Gasteiger partial charge in [-0.25, -0.2) is 4.68 Å². The maximum Gasteiger partial charge on any atom is 0.277 e. The predicted molar refractivity (Wildman–Crippen MR) is 89.1 cm³/mol. The molecule has 24 heavy (non-hydrogen) atoms. The van der Waals surface area contributed by atoms with E-state index in [1.807, 2.05) is 24.3 Å². The number of aryl methyl sites for hydroxylation is 1. The molecule has 0 saturated carbocycles. The lowest BCUT2D eigenvalue weighted by Gasteiger charge is -2.06. The molecule has 1 N–H and O–H groups in total. The number of benzene rings is 1. The van der Waals surface area contributed by atoms with Crippen molar-refractivity contribution in [3.8, 4) is 0 Å². The van der Waals surface area contributed by atoms with Gasteiger partial charge in [-0.05, 0) is 30.7 Å². The first kappa shape index (κ1) is 15.8. The second-order valence-electron chi connectivity index (χ2n) is 5.34. The molecule has 7 heteroatoms. The van der Waals surface area contributed by atoms with Crippen LogP contribution in [0.15, 0.2) is 53.5 Å². The van der Waals surface area contributed by atoms with Crippen LogP contribution in [0.5, 0.6) is 0 Å². The minimum atomic E-state index is -0.186. The van der Waals surface area contributed by atoms with Gasteiger partial charge in [-0.2, -0.15) is 0 Å². The average molecular weight is 323 g/mol. The first-order valence-electron chi connectivity index (χ1n) is 7.73. The third-order valence-electron chi connectivity index (χ3n) is 3.60. The molecule has 0 fully saturated rings. The van der Waals surface area contributed by atoms with E-state index >= 15 is 0 Å². The SMILES string of the molecule is O=C(CCCn1nnc2ccccc2c1=O)NCc1ccccn1. The van der Waals surface area contributed by atoms with Gasteiger partial charge in [0.1, 0.15) is 5.52 Å². The largest absolute Gasteiger partial charge is 0.350 e. The van der Waals surface area contributed by atoms with Crippen molar-refractivity contribution in [3.05, 3.63) is 64.7 Å². The number of hydrogen-bond acceptors (Lipinski definition) is 5. The molecule has 0 saturated heterocycles. The van der Waals surface area contributed by atoms with Crippen molar-refractivity contribution in [2.45, 2.75) is 25.9 Å². The van der Waals surface area contributed by atoms with Gasteiger partial charge >= 0.3 is 0 Å². The van der Waals surface area contributed by atoms with Crippen molar-refractivity contribution in [2.24, 2.45) is 0 Å². The standard InChI is InChI=1S/C17H17N5O2/c23-16(19-12-13-6-3-4-10-18-13)9-5-11-22-17(24)14-7-1-2-8-15(14)20-21-22/h1-4,6-8,10H,5,9,11-12H2,(H,19,23). The van der Waals surface area contributed by atoms with Gasteiger partial charge in [-0.3, -0.25) is 14.6 Å². The fraction of sp³-hybridized carbons (Fsp3) is 0.235. The van der Waals surface area contributed by atoms with Crippen LogP contribution < -0.4 is 10.9 Å². The molecular weight excluding hydrogens is 306 g/mol. The molecule has 0 spiro atoms. The predicted octanol–water partition coefficient (Wildman–Crippen LogP) is 1.28. The molecule has 0 aliphatic carbocycles. The highest BCUT2D eigenvalue weighted by Crippen LogP contribution is 2.04. The molecule has 0 atom stereocenters. The average Bonchev–Trinajstić information content (AvgIpc) is 2.63. The molecule has 7 nitrogen and oxygen atoms in total. The molecule has 0 bridgehead atoms. The molecule has 0 aliphatic rings. The normalized spacial score (nSPS) is 10.7. The summed E-state index contributed by atoms with van der Waals surface area (Å²) in [6, 6.07) is 12.6. The molecule has 2 heterocycles. The zero-order valence-electron chi connectivity index (χ0n) is 13.1. The van der Waals surface area contributed by atoms with Crippen molar-refractivity contribution in [3.63, 3.8) is 0 Å². The van der Waals surface area contributed by atoms with Gasteiger partial charge in [0, 0.05) is 19.2 Å². The van der Waals surface area contributed by atoms with Crippen LogP contribution in [0.3, 0.4) is 0 Å². The molecule has 122 valence electrons. The summed E-state index contributed by atoms with van der Waals surface area (Å²) < 4.78 is 1.30. The Bertz CT molecular complexity index is 892. The Morgan fingerprint density at radius 2 is 1.96 bits per heavy atom. The number of nitrogens with one attached hydrogen (secondary N) is 1. The Balaban J connectivity index is 1.52. The van der Waals surface area contributed by atoms with Gasteiger partial charge in [-0.15, -0.1) is 5.10 Å². The molecule has 0 unspecified atom stereocenters. The van der Waals surface area contributed by atoms with E-state index in [4.69, 9.17) is 0 Å². The molecule has 0 radical (unpaired) electrons. The molecular formula is C17H17N5O2. The van der Waals surface area contributed by atoms with Crippen molar-refractivity contribution < 1.29 is 4.79 Å². The minimum absolute atomic E-state index is 0.0811. The monoisotopic (exact) mass is 323 g/mol. The first-order valence-corrected chi connectivity index (χ1v) is 7.73. The summed E-state index contributed by atoms with van der Waals surface area (Å²) in [4.78, 5) is 28.2. The number of rotatable bonds is 6. The summed E-state index contributed by atoms with van der Waals surface area (Å²) in [5, 5.41) is 11.3. The topological polar surface area (TPSA) is 89.8 Å². The summed E-state index contributed by atoms with van der Waals surface area (Å²) in [6.45, 7) is 0.753. The number of nitrogens with zero attached hydrogens (tertiary/aromatic N) is 4. The zero-order chi connectivity index (χ0) is 16.8. The maximum absolute atomic E-state index is 12.3. The Hall–Kier alpha value is -3.09. The summed E-state index contributed by atoms with van der Waals surface area (Å²) >= 11 is 0. The molecule has 1 aromatic carbocycles. The minimum Gasteiger partial charge on any atom is -0.350 e. The maximum atomic E-state index is 12.3. The van der Waals surface area contributed by atoms with Crippen LogP contribution in [-0.2, 0) is 17.9 Å². The van der Waals surface area contributed by atoms with Gasteiger partial charge in [-0.1, -0.05) is 23.4 Å². The Morgan fingerprint density at radius 3 is 2.79 bits per heavy atom. The second-order valence-corrected chi connectivity index (χ2v) is 5.34. The van der Waals surface area contributed by atoms with Crippen LogP contribution in [0, 0.1) is 0 Å². The number of carbonyl (C=O) groups excluding carboxylic acids is 1. The highest BCUT2D eigenvalue weighted by atomic mass is 16.1. The molecule has 0 aliphatic heterocycles. The van der Waals surface area contributed by atoms with Crippen molar-refractivity contribution in [1.82, 2.24) is 25.3 Å². The summed E-state index contributed by atoms with van der Waals surface area (Å²) in [7, 11) is 0. The number of carbonyl (C=O) groups is 1. The van der Waals surface area contributed by atoms with Crippen molar-refractivity contribution in [2.75, 3.05) is 0 Å². The van der Waals surface area contributed by atoms with Crippen molar-refractivity contribution in [1.29, 1.82) is 0 Å². The van der Waals surface area contributed by atoms with E-state index in [9.17, 15) is 9.59 Å². The lowest BCUT2D eigenvalue weighted by atomic mass is 10.2. The number of aromatic nitrogens is 4. The van der Waals surface area contributed by atoms with Crippen LogP contribution in [0.2, 0.25) is 0 Å². The van der Waals surface area contributed by atoms with Gasteiger partial charge in [0.25, 0.3) is 5.56 Å². The van der Waals surface area contributed by atoms with Gasteiger partial charge < -0.3 is 5.32 Å². The second kappa shape index (κ2) is 7.45. The van der Waals surface area contributed by atoms with Crippen LogP contribution in [0.1, 0.15) is 18.5 Å². The van der Waals surface area contributed by atoms with E-state index in [1.54, 1.807) is 24.4 Å². The van der Waals surface area contributed by atoms with Crippen LogP contribution in [0.4, 0.5) is 0 Å². The van der Waals surface area contributed by atoms with E-state index in [-0.39, 0.29) is 11.5 Å². The lowest BCUT2D eigenvalue weighted by molar-refractivity contribution is -0.121. The van der Waals surface area contributed by atoms with Crippen LogP contribution in [0.25, 0.3) is 10.9 Å². The number of fused-ring (bicyclic) bond motifs is 1. The first-order chi connectivity index (χ1) is 11.7. The van der Waals surface area contributed by atoms with Crippen LogP contribution in [-0.4, -0.2) is 25.9 Å². The number of pyridine rings is 1. The van der Waals surface area contributed by atoms with Gasteiger partial charge in [0.2, 0.25) is 5.91 Å².